The smallest absolute Gasteiger partial charge is 0.178 e. The Labute approximate surface area is 122 Å². The van der Waals surface area contributed by atoms with Gasteiger partial charge in [0.15, 0.2) is 11.6 Å². The lowest BCUT2D eigenvalue weighted by Gasteiger charge is -2.30. The standard InChI is InChI=1S/C13H16N8/c14-8-10-12(16)21(11-2-1-5-17-18-11)19-13(10)20-6-3-9(15)4-7-20/h1-2,5,9H,3-4,6-7,15-16H2. The van der Waals surface area contributed by atoms with E-state index in [9.17, 15) is 5.26 Å². The van der Waals surface area contributed by atoms with Crippen molar-refractivity contribution in [2.45, 2.75) is 18.9 Å². The lowest BCUT2D eigenvalue weighted by Crippen LogP contribution is -2.40. The van der Waals surface area contributed by atoms with Crippen molar-refractivity contribution in [3.05, 3.63) is 23.9 Å². The van der Waals surface area contributed by atoms with Gasteiger partial charge >= 0.3 is 0 Å². The van der Waals surface area contributed by atoms with Gasteiger partial charge in [-0.1, -0.05) is 0 Å². The van der Waals surface area contributed by atoms with Crippen LogP contribution in [-0.4, -0.2) is 39.1 Å². The SMILES string of the molecule is N#Cc1c(N2CCC(N)CC2)nn(-c2cccnn2)c1N. The Morgan fingerprint density at radius 1 is 1.33 bits per heavy atom. The second kappa shape index (κ2) is 5.38. The molecule has 4 N–H and O–H groups in total. The molecule has 0 aromatic carbocycles. The van der Waals surface area contributed by atoms with Gasteiger partial charge in [-0.2, -0.15) is 15.0 Å². The topological polar surface area (TPSA) is 123 Å². The van der Waals surface area contributed by atoms with Crippen molar-refractivity contribution in [1.82, 2.24) is 20.0 Å². The van der Waals surface area contributed by atoms with Crippen molar-refractivity contribution in [1.29, 1.82) is 5.26 Å². The number of nitrogens with zero attached hydrogens (tertiary/aromatic N) is 6. The Kier molecular flexibility index (Phi) is 3.41. The van der Waals surface area contributed by atoms with E-state index in [4.69, 9.17) is 11.5 Å². The molecule has 3 heterocycles. The van der Waals surface area contributed by atoms with Gasteiger partial charge in [-0.15, -0.1) is 10.2 Å². The van der Waals surface area contributed by atoms with E-state index in [-0.39, 0.29) is 11.9 Å². The van der Waals surface area contributed by atoms with Crippen LogP contribution in [0.5, 0.6) is 0 Å². The van der Waals surface area contributed by atoms with Gasteiger partial charge in [-0.05, 0) is 25.0 Å². The molecule has 108 valence electrons. The molecule has 1 aliphatic heterocycles. The minimum Gasteiger partial charge on any atom is -0.382 e. The predicted molar refractivity (Wildman–Crippen MR) is 77.7 cm³/mol. The summed E-state index contributed by atoms with van der Waals surface area (Å²) in [7, 11) is 0. The molecule has 0 aliphatic carbocycles. The van der Waals surface area contributed by atoms with Crippen molar-refractivity contribution in [3.8, 4) is 11.9 Å². The highest BCUT2D eigenvalue weighted by Crippen LogP contribution is 2.28. The normalized spacial score (nSPS) is 15.9. The van der Waals surface area contributed by atoms with E-state index in [0.29, 0.717) is 17.2 Å². The molecule has 1 saturated heterocycles. The van der Waals surface area contributed by atoms with Gasteiger partial charge in [-0.3, -0.25) is 0 Å². The van der Waals surface area contributed by atoms with Crippen LogP contribution in [0.15, 0.2) is 18.3 Å². The molecular formula is C13H16N8. The molecule has 2 aromatic heterocycles. The van der Waals surface area contributed by atoms with Gasteiger partial charge in [0.05, 0.1) is 0 Å². The first-order valence-electron chi connectivity index (χ1n) is 6.78. The lowest BCUT2D eigenvalue weighted by atomic mass is 10.1. The maximum absolute atomic E-state index is 9.37. The summed E-state index contributed by atoms with van der Waals surface area (Å²) in [6.07, 6.45) is 3.33. The number of aromatic nitrogens is 4. The summed E-state index contributed by atoms with van der Waals surface area (Å²) in [5, 5.41) is 21.6. The zero-order chi connectivity index (χ0) is 14.8. The Morgan fingerprint density at radius 2 is 2.10 bits per heavy atom. The summed E-state index contributed by atoms with van der Waals surface area (Å²) in [5.74, 6) is 1.36. The molecule has 0 bridgehead atoms. The second-order valence-corrected chi connectivity index (χ2v) is 5.01. The fourth-order valence-electron chi connectivity index (χ4n) is 2.44. The monoisotopic (exact) mass is 284 g/mol. The maximum Gasteiger partial charge on any atom is 0.178 e. The van der Waals surface area contributed by atoms with Crippen LogP contribution in [0, 0.1) is 11.3 Å². The molecular weight excluding hydrogens is 268 g/mol. The highest BCUT2D eigenvalue weighted by atomic mass is 15.4. The molecule has 0 spiro atoms. The molecule has 3 rings (SSSR count). The molecule has 1 fully saturated rings. The molecule has 8 heteroatoms. The molecule has 0 atom stereocenters. The van der Waals surface area contributed by atoms with E-state index in [1.54, 1.807) is 18.3 Å². The largest absolute Gasteiger partial charge is 0.382 e. The predicted octanol–water partition coefficient (Wildman–Crippen LogP) is 0.0437. The number of hydrogen-bond acceptors (Lipinski definition) is 7. The summed E-state index contributed by atoms with van der Waals surface area (Å²) in [6.45, 7) is 1.54. The third kappa shape index (κ3) is 2.39. The van der Waals surface area contributed by atoms with Crippen LogP contribution in [0.2, 0.25) is 0 Å². The minimum absolute atomic E-state index is 0.214. The first kappa shape index (κ1) is 13.3. The summed E-state index contributed by atoms with van der Waals surface area (Å²) in [5.41, 5.74) is 12.3. The van der Waals surface area contributed by atoms with Crippen LogP contribution < -0.4 is 16.4 Å². The quantitative estimate of drug-likeness (QED) is 0.798. The number of anilines is 2. The van der Waals surface area contributed by atoms with Gasteiger partial charge < -0.3 is 16.4 Å². The van der Waals surface area contributed by atoms with Gasteiger partial charge in [-0.25, -0.2) is 0 Å². The Balaban J connectivity index is 2.00. The van der Waals surface area contributed by atoms with Gasteiger partial charge in [0, 0.05) is 25.3 Å². The fraction of sp³-hybridized carbons (Fsp3) is 0.385. The third-order valence-electron chi connectivity index (χ3n) is 3.63. The first-order chi connectivity index (χ1) is 10.2. The van der Waals surface area contributed by atoms with Crippen molar-refractivity contribution < 1.29 is 0 Å². The van der Waals surface area contributed by atoms with E-state index in [0.717, 1.165) is 25.9 Å². The molecule has 8 nitrogen and oxygen atoms in total. The lowest BCUT2D eigenvalue weighted by molar-refractivity contribution is 0.497. The number of piperidine rings is 1. The van der Waals surface area contributed by atoms with E-state index in [2.05, 4.69) is 21.4 Å². The van der Waals surface area contributed by atoms with Gasteiger partial charge in [0.25, 0.3) is 0 Å². The zero-order valence-corrected chi connectivity index (χ0v) is 11.5. The maximum atomic E-state index is 9.37. The highest BCUT2D eigenvalue weighted by molar-refractivity contribution is 5.66. The second-order valence-electron chi connectivity index (χ2n) is 5.01. The van der Waals surface area contributed by atoms with Crippen molar-refractivity contribution >= 4 is 11.6 Å². The third-order valence-corrected chi connectivity index (χ3v) is 3.63. The van der Waals surface area contributed by atoms with Crippen LogP contribution in [0.4, 0.5) is 11.6 Å². The summed E-state index contributed by atoms with van der Waals surface area (Å²) in [6, 6.07) is 5.84. The number of rotatable bonds is 2. The zero-order valence-electron chi connectivity index (χ0n) is 11.5. The Bertz CT molecular complexity index is 663. The van der Waals surface area contributed by atoms with E-state index in [1.165, 1.54) is 4.68 Å². The fourth-order valence-corrected chi connectivity index (χ4v) is 2.44. The van der Waals surface area contributed by atoms with Crippen LogP contribution in [0.1, 0.15) is 18.4 Å². The molecule has 0 unspecified atom stereocenters. The van der Waals surface area contributed by atoms with Crippen LogP contribution in [0.3, 0.4) is 0 Å². The van der Waals surface area contributed by atoms with E-state index in [1.807, 2.05) is 4.90 Å². The number of nitrogen functional groups attached to an aromatic ring is 1. The van der Waals surface area contributed by atoms with Crippen LogP contribution in [-0.2, 0) is 0 Å². The van der Waals surface area contributed by atoms with Gasteiger partial charge in [0.2, 0.25) is 0 Å². The number of hydrogen-bond donors (Lipinski definition) is 2. The molecule has 2 aromatic rings. The van der Waals surface area contributed by atoms with Crippen molar-refractivity contribution in [2.75, 3.05) is 23.7 Å². The van der Waals surface area contributed by atoms with Gasteiger partial charge in [0.1, 0.15) is 17.5 Å². The van der Waals surface area contributed by atoms with Crippen molar-refractivity contribution in [3.63, 3.8) is 0 Å². The van der Waals surface area contributed by atoms with E-state index >= 15 is 0 Å². The average molecular weight is 284 g/mol. The van der Waals surface area contributed by atoms with Crippen LogP contribution >= 0.6 is 0 Å². The molecule has 21 heavy (non-hydrogen) atoms. The summed E-state index contributed by atoms with van der Waals surface area (Å²) >= 11 is 0. The molecule has 0 amide bonds. The summed E-state index contributed by atoms with van der Waals surface area (Å²) < 4.78 is 1.45. The number of nitrogens with two attached hydrogens (primary N) is 2. The first-order valence-corrected chi connectivity index (χ1v) is 6.78. The van der Waals surface area contributed by atoms with Crippen molar-refractivity contribution in [2.24, 2.45) is 5.73 Å². The molecule has 1 aliphatic rings. The Hall–Kier alpha value is -2.66. The number of nitriles is 1. The minimum atomic E-state index is 0.214. The summed E-state index contributed by atoms with van der Waals surface area (Å²) in [4.78, 5) is 2.05. The van der Waals surface area contributed by atoms with E-state index < -0.39 is 0 Å². The highest BCUT2D eigenvalue weighted by Gasteiger charge is 2.25. The Morgan fingerprint density at radius 3 is 2.71 bits per heavy atom. The average Bonchev–Trinajstić information content (AvgIpc) is 2.85. The molecule has 0 radical (unpaired) electrons. The van der Waals surface area contributed by atoms with Crippen LogP contribution in [0.25, 0.3) is 5.82 Å². The molecule has 0 saturated carbocycles.